The average Bonchev–Trinajstić information content (AvgIpc) is 2.87. The molecular weight excluding hydrogens is 478 g/mol. The number of para-hydroxylation sites is 1. The Morgan fingerprint density at radius 1 is 1.03 bits per heavy atom. The van der Waals surface area contributed by atoms with Gasteiger partial charge in [0.15, 0.2) is 0 Å². The first kappa shape index (κ1) is 23.9. The summed E-state index contributed by atoms with van der Waals surface area (Å²) in [6.07, 6.45) is -4.34. The van der Waals surface area contributed by atoms with E-state index in [-0.39, 0.29) is 41.4 Å². The molecule has 1 aromatic heterocycles. The van der Waals surface area contributed by atoms with Gasteiger partial charge in [-0.1, -0.05) is 30.3 Å². The Morgan fingerprint density at radius 2 is 1.78 bits per heavy atom. The number of nitrogens with zero attached hydrogens (tertiary/aromatic N) is 1. The standard InChI is InChI=1S/C27H21F4NO4/c1-34-21-5-3-2-4-18(21)23-24(33)19-10-11-22-20(25(19)36-26(23)27(29,30)31)14-32(15-35-22)13-12-16-6-8-17(28)9-7-16/h2-11H,12-15H2,1H3. The molecule has 5 rings (SSSR count). The number of alkyl halides is 3. The molecule has 9 heteroatoms. The van der Waals surface area contributed by atoms with E-state index in [1.165, 1.54) is 43.5 Å². The molecule has 0 aliphatic carbocycles. The van der Waals surface area contributed by atoms with Crippen molar-refractivity contribution in [1.29, 1.82) is 0 Å². The largest absolute Gasteiger partial charge is 0.496 e. The van der Waals surface area contributed by atoms with Crippen molar-refractivity contribution in [2.45, 2.75) is 19.1 Å². The van der Waals surface area contributed by atoms with Crippen LogP contribution >= 0.6 is 0 Å². The summed E-state index contributed by atoms with van der Waals surface area (Å²) < 4.78 is 72.2. The van der Waals surface area contributed by atoms with Crippen LogP contribution < -0.4 is 14.9 Å². The molecule has 0 amide bonds. The van der Waals surface area contributed by atoms with Crippen LogP contribution in [0.5, 0.6) is 11.5 Å². The number of hydrogen-bond acceptors (Lipinski definition) is 5. The number of halogens is 4. The first-order valence-electron chi connectivity index (χ1n) is 11.2. The van der Waals surface area contributed by atoms with E-state index in [0.29, 0.717) is 24.3 Å². The van der Waals surface area contributed by atoms with Crippen LogP contribution in [0.4, 0.5) is 17.6 Å². The molecule has 0 saturated carbocycles. The third kappa shape index (κ3) is 4.42. The van der Waals surface area contributed by atoms with Gasteiger partial charge in [0.25, 0.3) is 0 Å². The highest BCUT2D eigenvalue weighted by Gasteiger charge is 2.40. The molecule has 0 saturated heterocycles. The molecule has 186 valence electrons. The molecule has 0 spiro atoms. The summed E-state index contributed by atoms with van der Waals surface area (Å²) in [6.45, 7) is 0.953. The number of methoxy groups -OCH3 is 1. The SMILES string of the molecule is COc1ccccc1-c1c(C(F)(F)F)oc2c3c(ccc2c1=O)OCN(CCc1ccc(F)cc1)C3. The first-order valence-corrected chi connectivity index (χ1v) is 11.2. The van der Waals surface area contributed by atoms with Crippen LogP contribution in [0, 0.1) is 5.82 Å². The van der Waals surface area contributed by atoms with Crippen molar-refractivity contribution in [3.63, 3.8) is 0 Å². The van der Waals surface area contributed by atoms with Gasteiger partial charge in [-0.3, -0.25) is 9.69 Å². The fourth-order valence-corrected chi connectivity index (χ4v) is 4.39. The van der Waals surface area contributed by atoms with E-state index in [1.807, 2.05) is 4.90 Å². The molecule has 0 radical (unpaired) electrons. The maximum atomic E-state index is 14.2. The van der Waals surface area contributed by atoms with E-state index in [2.05, 4.69) is 0 Å². The lowest BCUT2D eigenvalue weighted by Gasteiger charge is -2.29. The number of fused-ring (bicyclic) bond motifs is 3. The zero-order chi connectivity index (χ0) is 25.4. The maximum Gasteiger partial charge on any atom is 0.450 e. The second-order valence-corrected chi connectivity index (χ2v) is 8.45. The lowest BCUT2D eigenvalue weighted by molar-refractivity contribution is -0.152. The van der Waals surface area contributed by atoms with Crippen molar-refractivity contribution in [3.05, 3.63) is 93.6 Å². The van der Waals surface area contributed by atoms with E-state index in [0.717, 1.165) is 5.56 Å². The summed E-state index contributed by atoms with van der Waals surface area (Å²) in [5, 5.41) is 0.0200. The summed E-state index contributed by atoms with van der Waals surface area (Å²) >= 11 is 0. The first-order chi connectivity index (χ1) is 17.3. The molecule has 0 bridgehead atoms. The van der Waals surface area contributed by atoms with Gasteiger partial charge in [-0.05, 0) is 42.3 Å². The quantitative estimate of drug-likeness (QED) is 0.314. The Labute approximate surface area is 203 Å². The number of rotatable bonds is 5. The number of benzene rings is 3. The van der Waals surface area contributed by atoms with Gasteiger partial charge in [0, 0.05) is 18.7 Å². The number of ether oxygens (including phenoxy) is 2. The van der Waals surface area contributed by atoms with E-state index < -0.39 is 22.9 Å². The van der Waals surface area contributed by atoms with Crippen molar-refractivity contribution in [2.75, 3.05) is 20.4 Å². The molecule has 0 fully saturated rings. The summed E-state index contributed by atoms with van der Waals surface area (Å²) in [7, 11) is 1.32. The molecular formula is C27H21F4NO4. The molecule has 1 aliphatic heterocycles. The van der Waals surface area contributed by atoms with Crippen molar-refractivity contribution in [1.82, 2.24) is 4.90 Å². The van der Waals surface area contributed by atoms with Crippen LogP contribution in [0.1, 0.15) is 16.9 Å². The molecule has 3 aromatic carbocycles. The minimum Gasteiger partial charge on any atom is -0.496 e. The zero-order valence-corrected chi connectivity index (χ0v) is 19.2. The third-order valence-electron chi connectivity index (χ3n) is 6.17. The predicted molar refractivity (Wildman–Crippen MR) is 125 cm³/mol. The van der Waals surface area contributed by atoms with Crippen molar-refractivity contribution in [3.8, 4) is 22.6 Å². The molecule has 4 aromatic rings. The van der Waals surface area contributed by atoms with Gasteiger partial charge in [0.2, 0.25) is 11.2 Å². The van der Waals surface area contributed by atoms with E-state index in [4.69, 9.17) is 13.9 Å². The molecule has 0 atom stereocenters. The Kier molecular flexibility index (Phi) is 6.17. The molecule has 36 heavy (non-hydrogen) atoms. The van der Waals surface area contributed by atoms with Crippen LogP contribution in [-0.4, -0.2) is 25.3 Å². The van der Waals surface area contributed by atoms with Gasteiger partial charge in [-0.15, -0.1) is 0 Å². The highest BCUT2D eigenvalue weighted by molar-refractivity contribution is 5.88. The second-order valence-electron chi connectivity index (χ2n) is 8.45. The Hall–Kier alpha value is -3.85. The fraction of sp³-hybridized carbons (Fsp3) is 0.222. The van der Waals surface area contributed by atoms with Crippen LogP contribution in [0.15, 0.2) is 69.9 Å². The summed E-state index contributed by atoms with van der Waals surface area (Å²) in [4.78, 5) is 15.4. The van der Waals surface area contributed by atoms with Gasteiger partial charge in [0.1, 0.15) is 29.6 Å². The van der Waals surface area contributed by atoms with Crippen LogP contribution in [0.2, 0.25) is 0 Å². The number of hydrogen-bond donors (Lipinski definition) is 0. The monoisotopic (exact) mass is 499 g/mol. The molecule has 5 nitrogen and oxygen atoms in total. The maximum absolute atomic E-state index is 14.2. The van der Waals surface area contributed by atoms with Crippen LogP contribution in [0.3, 0.4) is 0 Å². The lowest BCUT2D eigenvalue weighted by Crippen LogP contribution is -2.34. The minimum atomic E-state index is -4.93. The highest BCUT2D eigenvalue weighted by atomic mass is 19.4. The average molecular weight is 499 g/mol. The molecule has 1 aliphatic rings. The van der Waals surface area contributed by atoms with Crippen molar-refractivity contribution < 1.29 is 31.5 Å². The van der Waals surface area contributed by atoms with Gasteiger partial charge in [0.05, 0.1) is 23.6 Å². The van der Waals surface area contributed by atoms with Gasteiger partial charge < -0.3 is 13.9 Å². The van der Waals surface area contributed by atoms with Crippen molar-refractivity contribution >= 4 is 11.0 Å². The topological polar surface area (TPSA) is 51.9 Å². The fourth-order valence-electron chi connectivity index (χ4n) is 4.39. The van der Waals surface area contributed by atoms with Crippen LogP contribution in [-0.2, 0) is 19.1 Å². The van der Waals surface area contributed by atoms with Gasteiger partial charge >= 0.3 is 6.18 Å². The molecule has 2 heterocycles. The zero-order valence-electron chi connectivity index (χ0n) is 19.2. The molecule has 0 N–H and O–H groups in total. The Balaban J connectivity index is 1.58. The third-order valence-corrected chi connectivity index (χ3v) is 6.17. The summed E-state index contributed by atoms with van der Waals surface area (Å²) in [6, 6.07) is 15.1. The van der Waals surface area contributed by atoms with Gasteiger partial charge in [-0.2, -0.15) is 13.2 Å². The lowest BCUT2D eigenvalue weighted by atomic mass is 9.99. The Bertz CT molecular complexity index is 1480. The van der Waals surface area contributed by atoms with Crippen LogP contribution in [0.25, 0.3) is 22.1 Å². The molecule has 0 unspecified atom stereocenters. The van der Waals surface area contributed by atoms with E-state index in [1.54, 1.807) is 24.3 Å². The van der Waals surface area contributed by atoms with Crippen molar-refractivity contribution in [2.24, 2.45) is 0 Å². The predicted octanol–water partition coefficient (Wildman–Crippen LogP) is 6.02. The second kappa shape index (κ2) is 9.31. The Morgan fingerprint density at radius 3 is 2.50 bits per heavy atom. The van der Waals surface area contributed by atoms with E-state index >= 15 is 0 Å². The van der Waals surface area contributed by atoms with Gasteiger partial charge in [-0.25, -0.2) is 4.39 Å². The summed E-state index contributed by atoms with van der Waals surface area (Å²) in [5.74, 6) is -1.23. The highest BCUT2D eigenvalue weighted by Crippen LogP contribution is 2.42. The normalized spacial score (nSPS) is 13.9. The smallest absolute Gasteiger partial charge is 0.450 e. The summed E-state index contributed by atoms with van der Waals surface area (Å²) in [5.41, 5.74) is -0.288. The van der Waals surface area contributed by atoms with E-state index in [9.17, 15) is 22.4 Å². The minimum absolute atomic E-state index is 0.00197.